The van der Waals surface area contributed by atoms with Gasteiger partial charge in [0, 0.05) is 17.3 Å². The highest BCUT2D eigenvalue weighted by Crippen LogP contribution is 2.31. The molecule has 106 valence electrons. The molecule has 2 aliphatic carbocycles. The Morgan fingerprint density at radius 3 is 2.84 bits per heavy atom. The fraction of sp³-hybridized carbons (Fsp3) is 0.846. The second-order valence-electron chi connectivity index (χ2n) is 5.39. The van der Waals surface area contributed by atoms with Crippen molar-refractivity contribution in [1.29, 1.82) is 0 Å². The van der Waals surface area contributed by atoms with Crippen molar-refractivity contribution in [3.05, 3.63) is 5.89 Å². The maximum Gasteiger partial charge on any atom is 0.315 e. The first kappa shape index (κ1) is 13.2. The summed E-state index contributed by atoms with van der Waals surface area (Å²) in [6.45, 7) is 2.92. The molecular formula is C13H22N4OS. The van der Waals surface area contributed by atoms with Crippen molar-refractivity contribution in [2.75, 3.05) is 11.1 Å². The van der Waals surface area contributed by atoms with Crippen LogP contribution in [0, 0.1) is 0 Å². The number of nitrogens with one attached hydrogen (secondary N) is 2. The molecule has 5 nitrogen and oxygen atoms in total. The predicted molar refractivity (Wildman–Crippen MR) is 77.3 cm³/mol. The first-order chi connectivity index (χ1) is 9.33. The number of anilines is 1. The summed E-state index contributed by atoms with van der Waals surface area (Å²) in [4.78, 5) is 0. The maximum atomic E-state index is 5.62. The van der Waals surface area contributed by atoms with Gasteiger partial charge in [-0.2, -0.15) is 11.8 Å². The highest BCUT2D eigenvalue weighted by Gasteiger charge is 2.26. The van der Waals surface area contributed by atoms with E-state index in [4.69, 9.17) is 4.42 Å². The van der Waals surface area contributed by atoms with Crippen LogP contribution < -0.4 is 10.6 Å². The zero-order valence-electron chi connectivity index (χ0n) is 11.4. The fourth-order valence-electron chi connectivity index (χ4n) is 2.54. The van der Waals surface area contributed by atoms with Gasteiger partial charge in [0.05, 0.1) is 6.54 Å². The standard InChI is InChI=1S/C13H22N4OS/c1-2-19-11-6-5-10(7-11)15-13-17-16-12(18-13)8-14-9-3-4-9/h9-11,14H,2-8H2,1H3,(H,15,17). The van der Waals surface area contributed by atoms with Gasteiger partial charge in [-0.05, 0) is 37.9 Å². The first-order valence-corrected chi connectivity index (χ1v) is 8.32. The third-order valence-corrected chi connectivity index (χ3v) is 4.93. The average molecular weight is 282 g/mol. The smallest absolute Gasteiger partial charge is 0.315 e. The molecule has 6 heteroatoms. The van der Waals surface area contributed by atoms with Crippen molar-refractivity contribution >= 4 is 17.8 Å². The molecule has 2 saturated carbocycles. The molecule has 19 heavy (non-hydrogen) atoms. The van der Waals surface area contributed by atoms with Gasteiger partial charge in [-0.3, -0.25) is 0 Å². The molecule has 0 radical (unpaired) electrons. The number of nitrogens with zero attached hydrogens (tertiary/aromatic N) is 2. The molecule has 0 aliphatic heterocycles. The average Bonchev–Trinajstić information content (AvgIpc) is 2.97. The second kappa shape index (κ2) is 6.13. The van der Waals surface area contributed by atoms with E-state index in [0.29, 0.717) is 30.5 Å². The van der Waals surface area contributed by atoms with Crippen molar-refractivity contribution in [3.63, 3.8) is 0 Å². The van der Waals surface area contributed by atoms with E-state index in [0.717, 1.165) is 5.25 Å². The van der Waals surface area contributed by atoms with E-state index in [1.54, 1.807) is 0 Å². The van der Waals surface area contributed by atoms with Gasteiger partial charge >= 0.3 is 6.01 Å². The summed E-state index contributed by atoms with van der Waals surface area (Å²) >= 11 is 2.06. The quantitative estimate of drug-likeness (QED) is 0.801. The van der Waals surface area contributed by atoms with Crippen molar-refractivity contribution in [1.82, 2.24) is 15.5 Å². The lowest BCUT2D eigenvalue weighted by molar-refractivity contribution is 0.471. The summed E-state index contributed by atoms with van der Waals surface area (Å²) in [5.41, 5.74) is 0. The van der Waals surface area contributed by atoms with Crippen molar-refractivity contribution in [2.45, 2.75) is 62.9 Å². The predicted octanol–water partition coefficient (Wildman–Crippen LogP) is 2.41. The monoisotopic (exact) mass is 282 g/mol. The van der Waals surface area contributed by atoms with Crippen LogP contribution in [0.5, 0.6) is 0 Å². The maximum absolute atomic E-state index is 5.62. The molecule has 0 saturated heterocycles. The Hall–Kier alpha value is -0.750. The third kappa shape index (κ3) is 3.86. The number of hydrogen-bond acceptors (Lipinski definition) is 6. The highest BCUT2D eigenvalue weighted by molar-refractivity contribution is 7.99. The van der Waals surface area contributed by atoms with Crippen molar-refractivity contribution in [3.8, 4) is 0 Å². The van der Waals surface area contributed by atoms with E-state index in [-0.39, 0.29) is 0 Å². The molecule has 1 aromatic rings. The fourth-order valence-corrected chi connectivity index (χ4v) is 3.68. The molecule has 2 fully saturated rings. The Balaban J connectivity index is 1.44. The molecule has 3 rings (SSSR count). The summed E-state index contributed by atoms with van der Waals surface area (Å²) in [5, 5.41) is 15.7. The Labute approximate surface area is 118 Å². The highest BCUT2D eigenvalue weighted by atomic mass is 32.2. The van der Waals surface area contributed by atoms with E-state index in [1.165, 1.54) is 37.9 Å². The lowest BCUT2D eigenvalue weighted by atomic mass is 10.3. The lowest BCUT2D eigenvalue weighted by Crippen LogP contribution is -2.16. The first-order valence-electron chi connectivity index (χ1n) is 7.27. The van der Waals surface area contributed by atoms with Crippen LogP contribution in [0.4, 0.5) is 6.01 Å². The van der Waals surface area contributed by atoms with E-state index in [9.17, 15) is 0 Å². The zero-order chi connectivity index (χ0) is 13.1. The van der Waals surface area contributed by atoms with Gasteiger partial charge in [0.1, 0.15) is 0 Å². The lowest BCUT2D eigenvalue weighted by Gasteiger charge is -2.10. The van der Waals surface area contributed by atoms with Gasteiger partial charge < -0.3 is 15.1 Å². The molecule has 2 aliphatic rings. The van der Waals surface area contributed by atoms with E-state index in [2.05, 4.69) is 39.5 Å². The summed E-state index contributed by atoms with van der Waals surface area (Å²) in [6, 6.07) is 1.75. The summed E-state index contributed by atoms with van der Waals surface area (Å²) < 4.78 is 5.62. The Bertz CT molecular complexity index is 407. The van der Waals surface area contributed by atoms with E-state index in [1.807, 2.05) is 0 Å². The third-order valence-electron chi connectivity index (χ3n) is 3.70. The minimum Gasteiger partial charge on any atom is -0.407 e. The van der Waals surface area contributed by atoms with Gasteiger partial charge in [-0.1, -0.05) is 12.0 Å². The van der Waals surface area contributed by atoms with E-state index >= 15 is 0 Å². The SMILES string of the molecule is CCSC1CCC(Nc2nnc(CNC3CC3)o2)C1. The Kier molecular flexibility index (Phi) is 4.28. The normalized spacial score (nSPS) is 26.8. The van der Waals surface area contributed by atoms with Gasteiger partial charge in [0.2, 0.25) is 5.89 Å². The summed E-state index contributed by atoms with van der Waals surface area (Å²) in [7, 11) is 0. The van der Waals surface area contributed by atoms with Crippen LogP contribution in [0.1, 0.15) is 44.9 Å². The summed E-state index contributed by atoms with van der Waals surface area (Å²) in [6.07, 6.45) is 6.25. The van der Waals surface area contributed by atoms with Crippen LogP contribution in [0.3, 0.4) is 0 Å². The van der Waals surface area contributed by atoms with Crippen LogP contribution in [0.2, 0.25) is 0 Å². The second-order valence-corrected chi connectivity index (χ2v) is 6.97. The van der Waals surface area contributed by atoms with Gasteiger partial charge in [0.15, 0.2) is 0 Å². The van der Waals surface area contributed by atoms with Crippen LogP contribution in [-0.2, 0) is 6.54 Å². The van der Waals surface area contributed by atoms with Crippen molar-refractivity contribution < 1.29 is 4.42 Å². The minimum atomic E-state index is 0.494. The van der Waals surface area contributed by atoms with Crippen LogP contribution in [0.25, 0.3) is 0 Å². The van der Waals surface area contributed by atoms with Gasteiger partial charge in [0.25, 0.3) is 0 Å². The summed E-state index contributed by atoms with van der Waals surface area (Å²) in [5.74, 6) is 1.89. The molecule has 1 aromatic heterocycles. The van der Waals surface area contributed by atoms with Crippen LogP contribution >= 0.6 is 11.8 Å². The molecule has 0 bridgehead atoms. The minimum absolute atomic E-state index is 0.494. The van der Waals surface area contributed by atoms with E-state index < -0.39 is 0 Å². The largest absolute Gasteiger partial charge is 0.407 e. The number of thioether (sulfide) groups is 1. The molecule has 0 amide bonds. The molecule has 2 atom stereocenters. The molecule has 0 aromatic carbocycles. The van der Waals surface area contributed by atoms with Crippen LogP contribution in [-0.4, -0.2) is 33.3 Å². The zero-order valence-corrected chi connectivity index (χ0v) is 12.2. The van der Waals surface area contributed by atoms with Gasteiger partial charge in [-0.15, -0.1) is 5.10 Å². The van der Waals surface area contributed by atoms with Crippen molar-refractivity contribution in [2.24, 2.45) is 0 Å². The number of hydrogen-bond donors (Lipinski definition) is 2. The van der Waals surface area contributed by atoms with Crippen LogP contribution in [0.15, 0.2) is 4.42 Å². The molecule has 1 heterocycles. The Morgan fingerprint density at radius 2 is 2.05 bits per heavy atom. The molecule has 2 unspecified atom stereocenters. The number of aromatic nitrogens is 2. The Morgan fingerprint density at radius 1 is 1.21 bits per heavy atom. The number of rotatable bonds is 7. The van der Waals surface area contributed by atoms with Gasteiger partial charge in [-0.25, -0.2) is 0 Å². The topological polar surface area (TPSA) is 63.0 Å². The molecule has 2 N–H and O–H groups in total. The molecule has 0 spiro atoms. The molecular weight excluding hydrogens is 260 g/mol.